The van der Waals surface area contributed by atoms with Crippen LogP contribution in [0.5, 0.6) is 0 Å². The van der Waals surface area contributed by atoms with Gasteiger partial charge in [-0.25, -0.2) is 0 Å². The summed E-state index contributed by atoms with van der Waals surface area (Å²) >= 11 is 0. The van der Waals surface area contributed by atoms with Gasteiger partial charge in [-0.1, -0.05) is 0 Å². The van der Waals surface area contributed by atoms with Gasteiger partial charge in [0.05, 0.1) is 0 Å². The molecule has 0 fully saturated rings. The van der Waals surface area contributed by atoms with Gasteiger partial charge < -0.3 is 0 Å². The Kier molecular flexibility index (Phi) is 1.92. The zero-order valence-electron chi connectivity index (χ0n) is 38.0. The lowest BCUT2D eigenvalue weighted by Gasteiger charge is -2.25. The molecule has 76 heavy (non-hydrogen) atoms. The summed E-state index contributed by atoms with van der Waals surface area (Å²) in [6, 6.07) is 0. The van der Waals surface area contributed by atoms with Crippen LogP contribution in [0.15, 0.2) is 0 Å². The van der Waals surface area contributed by atoms with E-state index in [1.165, 1.54) is 0 Å². The summed E-state index contributed by atoms with van der Waals surface area (Å²) in [5.74, 6) is 0. The Labute approximate surface area is 406 Å². The van der Waals surface area contributed by atoms with E-state index in [0.29, 0.717) is 0 Å². The fraction of sp³-hybridized carbons (Fsp3) is 0. The second-order valence-corrected chi connectivity index (χ2v) is 28.5. The van der Waals surface area contributed by atoms with Crippen LogP contribution in [0.4, 0.5) is 0 Å². The average Bonchev–Trinajstić information content (AvgIpc) is 3.98. The minimum atomic E-state index is 1.67. The summed E-state index contributed by atoms with van der Waals surface area (Å²) in [7, 11) is 0. The summed E-state index contributed by atoms with van der Waals surface area (Å²) in [5, 5.41) is 127. The van der Waals surface area contributed by atoms with Crippen molar-refractivity contribution >= 4 is 409 Å². The molecule has 40 aromatic rings. The minimum Gasteiger partial charge on any atom is 0 e. The van der Waals surface area contributed by atoms with Gasteiger partial charge in [0.15, 0.2) is 0 Å². The van der Waals surface area contributed by atoms with E-state index in [1.54, 1.807) is 409 Å². The summed E-state index contributed by atoms with van der Waals surface area (Å²) in [6.45, 7) is 0. The fourth-order valence-electron chi connectivity index (χ4n) is 28.5. The van der Waals surface area contributed by atoms with Gasteiger partial charge in [-0.15, -0.1) is 0 Å². The third kappa shape index (κ3) is 1.28. The Morgan fingerprint density at radius 1 is 0.0263 bits per heavy atom. The molecular weight excluding hydrogens is 913 g/mol. The minimum absolute atomic E-state index is 1.67. The smallest absolute Gasteiger partial charge is 0 e. The SMILES string of the molecule is c12c3c4c5c6c7c3c3c1c1c8c9c2c2c4c4c5c5c%10c6c6c7c7c%11c%12c%13c%14c%15c%16c%17c%18c%19c%20c%21c%17c%17c%16c%13c%11c%11c%17c%13c%21c%16c%20c%17c%20c%19c%19c%18c%15c%15c%14c(c%10c%10c5c5c4c4c2c9c(c%17c4c%20c5c%19c%15%10)c%16c8c%13c1c%11c37)c6%12. The van der Waals surface area contributed by atoms with Gasteiger partial charge in [0.1, 0.15) is 0 Å². The van der Waals surface area contributed by atoms with Crippen LogP contribution in [-0.2, 0) is 0 Å². The first-order valence-electron chi connectivity index (χ1n) is 28.5. The molecule has 40 aromatic carbocycles. The molecule has 0 aliphatic heterocycles. The average molecular weight is 913 g/mol. The molecule has 0 heterocycles. The molecule has 0 atom stereocenters. The van der Waals surface area contributed by atoms with E-state index in [4.69, 9.17) is 0 Å². The van der Waals surface area contributed by atoms with Gasteiger partial charge in [0.2, 0.25) is 0 Å². The highest BCUT2D eigenvalue weighted by Gasteiger charge is 2.52. The van der Waals surface area contributed by atoms with Gasteiger partial charge >= 0.3 is 0 Å². The van der Waals surface area contributed by atoms with Crippen LogP contribution < -0.4 is 0 Å². The Bertz CT molecular complexity index is 8470. The van der Waals surface area contributed by atoms with Crippen LogP contribution >= 0.6 is 0 Å². The normalized spacial score (nSPS) is 18.0. The van der Waals surface area contributed by atoms with Crippen LogP contribution in [0.25, 0.3) is 409 Å². The van der Waals surface area contributed by atoms with Gasteiger partial charge in [0, 0.05) is 409 Å². The largest absolute Gasteiger partial charge is 0 e. The van der Waals surface area contributed by atoms with Crippen LogP contribution in [0.2, 0.25) is 0 Å². The molecule has 0 unspecified atom stereocenters. The maximum absolute atomic E-state index is 1.67. The molecule has 0 saturated heterocycles. The van der Waals surface area contributed by atoms with Crippen molar-refractivity contribution in [3.63, 3.8) is 0 Å². The molecule has 304 valence electrons. The van der Waals surface area contributed by atoms with Gasteiger partial charge in [-0.3, -0.25) is 0 Å². The molecular formula is C76. The molecule has 0 aromatic heterocycles. The van der Waals surface area contributed by atoms with Crippen molar-refractivity contribution in [2.75, 3.05) is 0 Å². The van der Waals surface area contributed by atoms with E-state index >= 15 is 0 Å². The second-order valence-electron chi connectivity index (χ2n) is 28.5. The zero-order chi connectivity index (χ0) is 43.9. The first-order chi connectivity index (χ1) is 38.0. The van der Waals surface area contributed by atoms with Crippen molar-refractivity contribution < 1.29 is 0 Å². The summed E-state index contributed by atoms with van der Waals surface area (Å²) in [5.41, 5.74) is 0. The molecule has 0 heteroatoms. The predicted octanol–water partition coefficient (Wildman–Crippen LogP) is 22.5. The lowest BCUT2D eigenvalue weighted by molar-refractivity contribution is 2.10. The van der Waals surface area contributed by atoms with Crippen molar-refractivity contribution in [1.29, 1.82) is 0 Å². The topological polar surface area (TPSA) is 0 Å². The van der Waals surface area contributed by atoms with E-state index in [-0.39, 0.29) is 0 Å². The first-order valence-corrected chi connectivity index (χ1v) is 28.5. The van der Waals surface area contributed by atoms with E-state index in [1.807, 2.05) is 0 Å². The molecule has 0 radical (unpaired) electrons. The highest BCUT2D eigenvalue weighted by molar-refractivity contribution is 6.87. The molecule has 0 amide bonds. The molecule has 0 N–H and O–H groups in total. The summed E-state index contributed by atoms with van der Waals surface area (Å²) in [6.07, 6.45) is 0. The Morgan fingerprint density at radius 2 is 0.0395 bits per heavy atom. The fourth-order valence-corrected chi connectivity index (χ4v) is 28.5. The lowest BCUT2D eigenvalue weighted by Crippen LogP contribution is -1.95. The highest BCUT2D eigenvalue weighted by atomic mass is 14.5. The van der Waals surface area contributed by atoms with Crippen molar-refractivity contribution in [2.24, 2.45) is 0 Å². The maximum Gasteiger partial charge on any atom is 0 e. The summed E-state index contributed by atoms with van der Waals surface area (Å²) in [4.78, 5) is 0. The van der Waals surface area contributed by atoms with Crippen molar-refractivity contribution in [1.82, 2.24) is 0 Å². The third-order valence-corrected chi connectivity index (χ3v) is 28.5. The zero-order valence-corrected chi connectivity index (χ0v) is 38.0. The van der Waals surface area contributed by atoms with Crippen LogP contribution in [0, 0.1) is 0 Å². The van der Waals surface area contributed by atoms with Crippen LogP contribution in [-0.4, -0.2) is 0 Å². The molecule has 0 aliphatic carbocycles. The Morgan fingerprint density at radius 3 is 0.0526 bits per heavy atom. The van der Waals surface area contributed by atoms with Crippen molar-refractivity contribution in [3.05, 3.63) is 0 Å². The Balaban J connectivity index is 1.21. The molecule has 0 spiro atoms. The second kappa shape index (κ2) is 5.63. The predicted molar refractivity (Wildman–Crippen MR) is 330 cm³/mol. The van der Waals surface area contributed by atoms with Crippen molar-refractivity contribution in [2.45, 2.75) is 0 Å². The molecule has 40 rings (SSSR count). The van der Waals surface area contributed by atoms with Crippen LogP contribution in [0.1, 0.15) is 0 Å². The quantitative estimate of drug-likeness (QED) is 0.105. The van der Waals surface area contributed by atoms with E-state index in [9.17, 15) is 0 Å². The molecule has 0 nitrogen and oxygen atoms in total. The van der Waals surface area contributed by atoms with Crippen LogP contribution in [0.3, 0.4) is 0 Å². The van der Waals surface area contributed by atoms with Gasteiger partial charge in [0.25, 0.3) is 0 Å². The highest BCUT2D eigenvalue weighted by Crippen LogP contribution is 2.82. The van der Waals surface area contributed by atoms with Gasteiger partial charge in [-0.05, 0) is 0 Å². The molecule has 0 aliphatic rings. The number of benzene rings is 28. The third-order valence-electron chi connectivity index (χ3n) is 28.5. The first kappa shape index (κ1) is 25.9. The van der Waals surface area contributed by atoms with E-state index in [0.717, 1.165) is 0 Å². The number of hydrogen-bond acceptors (Lipinski definition) is 0. The molecule has 0 saturated carbocycles. The standard InChI is InChI=1S/C76/c1-5-17-37-25-9(1)33-30-14-2-6-18-39-26-10(2)34-29(13(1)14)41-21(5)49-45(17)46-19-7-3-11-27-38(19)62(49)74-56(27)72-60-36(11)32-16-4-8-20-40-28-12(4)35-31(15(3)16)43-23(7)50(46)61(37)73-53(25)69-57(33)66-42(30)22(6)51(63(40)75(66)55(28)71(69)59(35)67(43)73)47(18)48(20)52-24(8)44(32)68(60)76(64(39)52)54(26)70(72)58(34)65(41)74. The number of hydrogen-bond donors (Lipinski definition) is 0. The maximum atomic E-state index is 1.67. The van der Waals surface area contributed by atoms with E-state index in [2.05, 4.69) is 0 Å². The number of rotatable bonds is 0. The Hall–Kier alpha value is -9.88. The van der Waals surface area contributed by atoms with E-state index < -0.39 is 0 Å². The monoisotopic (exact) mass is 912 g/mol. The lowest BCUT2D eigenvalue weighted by atomic mass is 9.76. The van der Waals surface area contributed by atoms with Crippen molar-refractivity contribution in [3.8, 4) is 0 Å². The molecule has 0 bridgehead atoms. The van der Waals surface area contributed by atoms with Gasteiger partial charge in [-0.2, -0.15) is 0 Å². The summed E-state index contributed by atoms with van der Waals surface area (Å²) < 4.78 is 0.